The minimum Gasteiger partial charge on any atom is -0.394 e. The maximum atomic E-state index is 12.1. The van der Waals surface area contributed by atoms with Gasteiger partial charge in [0.15, 0.2) is 0 Å². The number of aliphatic hydroxyl groups is 1. The Hall–Kier alpha value is -2.37. The number of hydrogen-bond donors (Lipinski definition) is 3. The summed E-state index contributed by atoms with van der Waals surface area (Å²) in [5.41, 5.74) is 1.30. The molecule has 0 spiro atoms. The zero-order valence-electron chi connectivity index (χ0n) is 12.3. The molecule has 0 aliphatic rings. The van der Waals surface area contributed by atoms with Crippen LogP contribution in [-0.4, -0.2) is 29.6 Å². The van der Waals surface area contributed by atoms with Crippen LogP contribution < -0.4 is 10.6 Å². The first-order valence-corrected chi connectivity index (χ1v) is 7.47. The maximum absolute atomic E-state index is 12.1. The predicted octanol–water partition coefficient (Wildman–Crippen LogP) is 1.75. The smallest absolute Gasteiger partial charge is 0.251 e. The van der Waals surface area contributed by atoms with Crippen LogP contribution in [0.1, 0.15) is 15.9 Å². The van der Waals surface area contributed by atoms with E-state index in [4.69, 9.17) is 11.6 Å². The highest BCUT2D eigenvalue weighted by Crippen LogP contribution is 2.09. The van der Waals surface area contributed by atoms with Crippen LogP contribution in [0.2, 0.25) is 5.02 Å². The molecule has 120 valence electrons. The number of carbonyl (C=O) groups excluding carboxylic acids is 2. The van der Waals surface area contributed by atoms with E-state index >= 15 is 0 Å². The second kappa shape index (κ2) is 8.31. The monoisotopic (exact) mass is 332 g/mol. The Labute approximate surface area is 139 Å². The lowest BCUT2D eigenvalue weighted by atomic mass is 10.2. The number of hydrogen-bond acceptors (Lipinski definition) is 3. The number of carbonyl (C=O) groups is 2. The van der Waals surface area contributed by atoms with Crippen LogP contribution in [0.25, 0.3) is 0 Å². The van der Waals surface area contributed by atoms with Gasteiger partial charge in [0.1, 0.15) is 6.04 Å². The van der Waals surface area contributed by atoms with E-state index in [9.17, 15) is 14.7 Å². The molecule has 0 aliphatic carbocycles. The third kappa shape index (κ3) is 5.09. The molecule has 2 aromatic rings. The van der Waals surface area contributed by atoms with Gasteiger partial charge in [-0.25, -0.2) is 0 Å². The molecule has 0 heterocycles. The topological polar surface area (TPSA) is 78.4 Å². The minimum absolute atomic E-state index is 0.285. The Bertz CT molecular complexity index is 659. The van der Waals surface area contributed by atoms with E-state index in [2.05, 4.69) is 10.6 Å². The molecule has 0 bridgehead atoms. The summed E-state index contributed by atoms with van der Waals surface area (Å²) in [6.45, 7) is -0.196. The van der Waals surface area contributed by atoms with Crippen molar-refractivity contribution in [3.63, 3.8) is 0 Å². The Kier molecular flexibility index (Phi) is 6.14. The minimum atomic E-state index is -1.00. The molecule has 0 radical (unpaired) electrons. The quantitative estimate of drug-likeness (QED) is 0.754. The molecule has 2 aromatic carbocycles. The standard InChI is InChI=1S/C17H17ClN2O3/c18-14-8-6-12(7-9-14)10-19-17(23)15(11-21)20-16(22)13-4-2-1-3-5-13/h1-9,15,21H,10-11H2,(H,19,23)(H,20,22). The molecular formula is C17H17ClN2O3. The van der Waals surface area contributed by atoms with E-state index in [0.29, 0.717) is 10.6 Å². The van der Waals surface area contributed by atoms with E-state index in [0.717, 1.165) is 5.56 Å². The van der Waals surface area contributed by atoms with Gasteiger partial charge < -0.3 is 15.7 Å². The van der Waals surface area contributed by atoms with Gasteiger partial charge in [0.25, 0.3) is 5.91 Å². The third-order valence-corrected chi connectivity index (χ3v) is 3.47. The second-order valence-electron chi connectivity index (χ2n) is 4.92. The third-order valence-electron chi connectivity index (χ3n) is 3.22. The molecule has 0 saturated heterocycles. The molecule has 2 amide bonds. The molecule has 5 nitrogen and oxygen atoms in total. The lowest BCUT2D eigenvalue weighted by Crippen LogP contribution is -2.48. The SMILES string of the molecule is O=C(NC(CO)C(=O)NCc1ccc(Cl)cc1)c1ccccc1. The molecule has 0 aromatic heterocycles. The molecular weight excluding hydrogens is 316 g/mol. The first-order valence-electron chi connectivity index (χ1n) is 7.09. The molecule has 0 fully saturated rings. The van der Waals surface area contributed by atoms with Crippen molar-refractivity contribution in [1.29, 1.82) is 0 Å². The molecule has 0 saturated carbocycles. The van der Waals surface area contributed by atoms with Crippen LogP contribution in [0.3, 0.4) is 0 Å². The highest BCUT2D eigenvalue weighted by Gasteiger charge is 2.20. The fraction of sp³-hybridized carbons (Fsp3) is 0.176. The highest BCUT2D eigenvalue weighted by molar-refractivity contribution is 6.30. The summed E-state index contributed by atoms with van der Waals surface area (Å²) in [6, 6.07) is 14.5. The van der Waals surface area contributed by atoms with Gasteiger partial charge in [-0.15, -0.1) is 0 Å². The molecule has 1 unspecified atom stereocenters. The highest BCUT2D eigenvalue weighted by atomic mass is 35.5. The van der Waals surface area contributed by atoms with Gasteiger partial charge >= 0.3 is 0 Å². The molecule has 2 rings (SSSR count). The van der Waals surface area contributed by atoms with Crippen molar-refractivity contribution in [3.8, 4) is 0 Å². The first-order chi connectivity index (χ1) is 11.1. The predicted molar refractivity (Wildman–Crippen MR) is 88.1 cm³/mol. The van der Waals surface area contributed by atoms with Crippen LogP contribution in [0.5, 0.6) is 0 Å². The summed E-state index contributed by atoms with van der Waals surface area (Å²) in [4.78, 5) is 24.1. The van der Waals surface area contributed by atoms with Crippen molar-refractivity contribution in [2.75, 3.05) is 6.61 Å². The Morgan fingerprint density at radius 2 is 1.70 bits per heavy atom. The van der Waals surface area contributed by atoms with Crippen molar-refractivity contribution >= 4 is 23.4 Å². The number of nitrogens with one attached hydrogen (secondary N) is 2. The van der Waals surface area contributed by atoms with Gasteiger partial charge in [0.2, 0.25) is 5.91 Å². The van der Waals surface area contributed by atoms with E-state index in [1.54, 1.807) is 54.6 Å². The lowest BCUT2D eigenvalue weighted by Gasteiger charge is -2.16. The van der Waals surface area contributed by atoms with Gasteiger partial charge in [-0.2, -0.15) is 0 Å². The number of halogens is 1. The van der Waals surface area contributed by atoms with Crippen molar-refractivity contribution in [2.45, 2.75) is 12.6 Å². The number of aliphatic hydroxyl groups excluding tert-OH is 1. The summed E-state index contributed by atoms with van der Waals surface area (Å²) in [5, 5.41) is 15.1. The normalized spacial score (nSPS) is 11.6. The van der Waals surface area contributed by atoms with Crippen LogP contribution >= 0.6 is 11.6 Å². The van der Waals surface area contributed by atoms with Gasteiger partial charge in [-0.05, 0) is 29.8 Å². The van der Waals surface area contributed by atoms with Gasteiger partial charge in [-0.1, -0.05) is 41.9 Å². The van der Waals surface area contributed by atoms with E-state index in [-0.39, 0.29) is 6.54 Å². The van der Waals surface area contributed by atoms with E-state index < -0.39 is 24.5 Å². The first kappa shape index (κ1) is 17.0. The van der Waals surface area contributed by atoms with E-state index in [1.165, 1.54) is 0 Å². The number of rotatable bonds is 6. The fourth-order valence-corrected chi connectivity index (χ4v) is 2.07. The zero-order chi connectivity index (χ0) is 16.7. The van der Waals surface area contributed by atoms with Crippen molar-refractivity contribution < 1.29 is 14.7 Å². The second-order valence-corrected chi connectivity index (χ2v) is 5.36. The molecule has 1 atom stereocenters. The van der Waals surface area contributed by atoms with Crippen LogP contribution in [-0.2, 0) is 11.3 Å². The fourth-order valence-electron chi connectivity index (χ4n) is 1.94. The molecule has 6 heteroatoms. The largest absolute Gasteiger partial charge is 0.394 e. The maximum Gasteiger partial charge on any atom is 0.251 e. The zero-order valence-corrected chi connectivity index (χ0v) is 13.1. The average Bonchev–Trinajstić information content (AvgIpc) is 2.59. The van der Waals surface area contributed by atoms with Crippen LogP contribution in [0, 0.1) is 0 Å². The van der Waals surface area contributed by atoms with Crippen molar-refractivity contribution in [2.24, 2.45) is 0 Å². The van der Waals surface area contributed by atoms with Gasteiger partial charge in [0.05, 0.1) is 6.61 Å². The van der Waals surface area contributed by atoms with Crippen LogP contribution in [0.15, 0.2) is 54.6 Å². The molecule has 23 heavy (non-hydrogen) atoms. The Morgan fingerprint density at radius 1 is 1.04 bits per heavy atom. The average molecular weight is 333 g/mol. The van der Waals surface area contributed by atoms with E-state index in [1.807, 2.05) is 0 Å². The lowest BCUT2D eigenvalue weighted by molar-refractivity contribution is -0.124. The summed E-state index contributed by atoms with van der Waals surface area (Å²) < 4.78 is 0. The van der Waals surface area contributed by atoms with Crippen molar-refractivity contribution in [3.05, 3.63) is 70.7 Å². The van der Waals surface area contributed by atoms with Gasteiger partial charge in [0, 0.05) is 17.1 Å². The molecule has 0 aliphatic heterocycles. The van der Waals surface area contributed by atoms with Crippen molar-refractivity contribution in [1.82, 2.24) is 10.6 Å². The Balaban J connectivity index is 1.90. The van der Waals surface area contributed by atoms with Crippen LogP contribution in [0.4, 0.5) is 0 Å². The summed E-state index contributed by atoms with van der Waals surface area (Å²) in [5.74, 6) is -0.863. The number of benzene rings is 2. The Morgan fingerprint density at radius 3 is 2.30 bits per heavy atom. The summed E-state index contributed by atoms with van der Waals surface area (Å²) >= 11 is 5.79. The van der Waals surface area contributed by atoms with Gasteiger partial charge in [-0.3, -0.25) is 9.59 Å². The number of amides is 2. The summed E-state index contributed by atoms with van der Waals surface area (Å²) in [6.07, 6.45) is 0. The summed E-state index contributed by atoms with van der Waals surface area (Å²) in [7, 11) is 0. The molecule has 3 N–H and O–H groups in total.